The van der Waals surface area contributed by atoms with E-state index >= 15 is 0 Å². The highest BCUT2D eigenvalue weighted by molar-refractivity contribution is 5.47. The van der Waals surface area contributed by atoms with E-state index < -0.39 is 0 Å². The van der Waals surface area contributed by atoms with Crippen LogP contribution in [0.1, 0.15) is 30.5 Å². The SMILES string of the molecule is CCN(CCC(N)c1ccccc1C)c1ccccc1F. The Morgan fingerprint density at radius 3 is 2.43 bits per heavy atom. The summed E-state index contributed by atoms with van der Waals surface area (Å²) in [7, 11) is 0. The van der Waals surface area contributed by atoms with Crippen molar-refractivity contribution in [3.63, 3.8) is 0 Å². The first-order valence-corrected chi connectivity index (χ1v) is 7.44. The molecule has 2 N–H and O–H groups in total. The summed E-state index contributed by atoms with van der Waals surface area (Å²) in [4.78, 5) is 2.04. The van der Waals surface area contributed by atoms with Crippen LogP contribution in [0.4, 0.5) is 10.1 Å². The van der Waals surface area contributed by atoms with Gasteiger partial charge in [-0.25, -0.2) is 4.39 Å². The Morgan fingerprint density at radius 2 is 1.76 bits per heavy atom. The van der Waals surface area contributed by atoms with Crippen LogP contribution < -0.4 is 10.6 Å². The Bertz CT molecular complexity index is 583. The van der Waals surface area contributed by atoms with Gasteiger partial charge in [-0.1, -0.05) is 36.4 Å². The summed E-state index contributed by atoms with van der Waals surface area (Å²) in [5, 5.41) is 0. The predicted octanol–water partition coefficient (Wildman–Crippen LogP) is 4.05. The Kier molecular flexibility index (Phi) is 5.34. The summed E-state index contributed by atoms with van der Waals surface area (Å²) in [6.07, 6.45) is 0.799. The number of halogens is 1. The number of nitrogens with two attached hydrogens (primary N) is 1. The fourth-order valence-electron chi connectivity index (χ4n) is 2.61. The molecule has 1 atom stereocenters. The van der Waals surface area contributed by atoms with E-state index in [1.807, 2.05) is 36.1 Å². The molecule has 0 aliphatic carbocycles. The van der Waals surface area contributed by atoms with Gasteiger partial charge in [0.25, 0.3) is 0 Å². The Hall–Kier alpha value is -1.87. The molecular weight excluding hydrogens is 263 g/mol. The van der Waals surface area contributed by atoms with E-state index in [1.54, 1.807) is 6.07 Å². The van der Waals surface area contributed by atoms with Crippen molar-refractivity contribution in [2.75, 3.05) is 18.0 Å². The summed E-state index contributed by atoms with van der Waals surface area (Å²) in [6, 6.07) is 15.0. The second-order valence-electron chi connectivity index (χ2n) is 5.28. The van der Waals surface area contributed by atoms with Crippen molar-refractivity contribution in [3.8, 4) is 0 Å². The summed E-state index contributed by atoms with van der Waals surface area (Å²) < 4.78 is 13.9. The van der Waals surface area contributed by atoms with Crippen LogP contribution >= 0.6 is 0 Å². The quantitative estimate of drug-likeness (QED) is 0.868. The van der Waals surface area contributed by atoms with Crippen molar-refractivity contribution < 1.29 is 4.39 Å². The molecule has 2 aromatic carbocycles. The number of aryl methyl sites for hydroxylation is 1. The minimum atomic E-state index is -0.177. The van der Waals surface area contributed by atoms with Gasteiger partial charge in [0.1, 0.15) is 5.82 Å². The lowest BCUT2D eigenvalue weighted by atomic mass is 9.99. The van der Waals surface area contributed by atoms with E-state index in [-0.39, 0.29) is 11.9 Å². The largest absolute Gasteiger partial charge is 0.369 e. The van der Waals surface area contributed by atoms with E-state index in [2.05, 4.69) is 19.1 Å². The topological polar surface area (TPSA) is 29.3 Å². The lowest BCUT2D eigenvalue weighted by Crippen LogP contribution is -2.28. The highest BCUT2D eigenvalue weighted by atomic mass is 19.1. The molecule has 0 aromatic heterocycles. The molecule has 0 spiro atoms. The smallest absolute Gasteiger partial charge is 0.146 e. The fourth-order valence-corrected chi connectivity index (χ4v) is 2.61. The van der Waals surface area contributed by atoms with Crippen molar-refractivity contribution >= 4 is 5.69 Å². The summed E-state index contributed by atoms with van der Waals surface area (Å²) >= 11 is 0. The minimum absolute atomic E-state index is 0.0213. The second-order valence-corrected chi connectivity index (χ2v) is 5.28. The van der Waals surface area contributed by atoms with Gasteiger partial charge < -0.3 is 10.6 Å². The van der Waals surface area contributed by atoms with Gasteiger partial charge in [-0.05, 0) is 43.5 Å². The molecule has 112 valence electrons. The zero-order chi connectivity index (χ0) is 15.2. The molecule has 0 radical (unpaired) electrons. The van der Waals surface area contributed by atoms with Gasteiger partial charge in [0.05, 0.1) is 5.69 Å². The number of para-hydroxylation sites is 1. The molecule has 0 saturated carbocycles. The van der Waals surface area contributed by atoms with Gasteiger partial charge >= 0.3 is 0 Å². The highest BCUT2D eigenvalue weighted by Gasteiger charge is 2.13. The molecule has 2 aromatic rings. The molecule has 0 aliphatic rings. The van der Waals surface area contributed by atoms with Gasteiger partial charge in [0.2, 0.25) is 0 Å². The van der Waals surface area contributed by atoms with E-state index in [0.29, 0.717) is 5.69 Å². The third-order valence-corrected chi connectivity index (χ3v) is 3.87. The molecule has 0 fully saturated rings. The highest BCUT2D eigenvalue weighted by Crippen LogP contribution is 2.22. The molecule has 21 heavy (non-hydrogen) atoms. The van der Waals surface area contributed by atoms with Crippen molar-refractivity contribution in [2.45, 2.75) is 26.3 Å². The predicted molar refractivity (Wildman–Crippen MR) is 87.0 cm³/mol. The van der Waals surface area contributed by atoms with Crippen LogP contribution in [0.3, 0.4) is 0 Å². The van der Waals surface area contributed by atoms with Crippen LogP contribution in [0.5, 0.6) is 0 Å². The molecule has 0 amide bonds. The van der Waals surface area contributed by atoms with E-state index in [1.165, 1.54) is 17.2 Å². The molecule has 0 aliphatic heterocycles. The number of nitrogens with zero attached hydrogens (tertiary/aromatic N) is 1. The van der Waals surface area contributed by atoms with Crippen LogP contribution in [-0.2, 0) is 0 Å². The first-order chi connectivity index (χ1) is 10.1. The van der Waals surface area contributed by atoms with Gasteiger partial charge in [0, 0.05) is 19.1 Å². The van der Waals surface area contributed by atoms with Gasteiger partial charge in [-0.2, -0.15) is 0 Å². The molecule has 0 heterocycles. The molecule has 3 heteroatoms. The molecule has 2 rings (SSSR count). The maximum atomic E-state index is 13.9. The maximum absolute atomic E-state index is 13.9. The van der Waals surface area contributed by atoms with Crippen LogP contribution in [0, 0.1) is 12.7 Å². The lowest BCUT2D eigenvalue weighted by molar-refractivity contribution is 0.597. The summed E-state index contributed by atoms with van der Waals surface area (Å²) in [5.41, 5.74) is 9.32. The maximum Gasteiger partial charge on any atom is 0.146 e. The van der Waals surface area contributed by atoms with Crippen LogP contribution in [-0.4, -0.2) is 13.1 Å². The molecule has 1 unspecified atom stereocenters. The van der Waals surface area contributed by atoms with Gasteiger partial charge in [0.15, 0.2) is 0 Å². The molecule has 2 nitrogen and oxygen atoms in total. The first-order valence-electron chi connectivity index (χ1n) is 7.44. The van der Waals surface area contributed by atoms with E-state index in [9.17, 15) is 4.39 Å². The number of anilines is 1. The zero-order valence-corrected chi connectivity index (χ0v) is 12.7. The van der Waals surface area contributed by atoms with Crippen LogP contribution in [0.15, 0.2) is 48.5 Å². The van der Waals surface area contributed by atoms with Crippen LogP contribution in [0.25, 0.3) is 0 Å². The zero-order valence-electron chi connectivity index (χ0n) is 12.7. The number of hydrogen-bond acceptors (Lipinski definition) is 2. The molecular formula is C18H23FN2. The molecule has 0 bridgehead atoms. The Labute approximate surface area is 126 Å². The van der Waals surface area contributed by atoms with Crippen molar-refractivity contribution in [1.29, 1.82) is 0 Å². The van der Waals surface area contributed by atoms with E-state index in [4.69, 9.17) is 5.73 Å². The third-order valence-electron chi connectivity index (χ3n) is 3.87. The molecule has 0 saturated heterocycles. The first kappa shape index (κ1) is 15.5. The second kappa shape index (κ2) is 7.23. The average Bonchev–Trinajstić information content (AvgIpc) is 2.49. The van der Waals surface area contributed by atoms with Crippen LogP contribution in [0.2, 0.25) is 0 Å². The Morgan fingerprint density at radius 1 is 1.10 bits per heavy atom. The number of hydrogen-bond donors (Lipinski definition) is 1. The van der Waals surface area contributed by atoms with E-state index in [0.717, 1.165) is 19.5 Å². The van der Waals surface area contributed by atoms with Gasteiger partial charge in [-0.3, -0.25) is 0 Å². The van der Waals surface area contributed by atoms with Crippen molar-refractivity contribution in [2.24, 2.45) is 5.73 Å². The number of benzene rings is 2. The van der Waals surface area contributed by atoms with Crippen molar-refractivity contribution in [1.82, 2.24) is 0 Å². The van der Waals surface area contributed by atoms with Gasteiger partial charge in [-0.15, -0.1) is 0 Å². The lowest BCUT2D eigenvalue weighted by Gasteiger charge is -2.25. The fraction of sp³-hybridized carbons (Fsp3) is 0.333. The summed E-state index contributed by atoms with van der Waals surface area (Å²) in [5.74, 6) is -0.177. The minimum Gasteiger partial charge on any atom is -0.369 e. The van der Waals surface area contributed by atoms with Crippen molar-refractivity contribution in [3.05, 3.63) is 65.5 Å². The average molecular weight is 286 g/mol. The number of rotatable bonds is 6. The third kappa shape index (κ3) is 3.82. The normalized spacial score (nSPS) is 12.2. The summed E-state index contributed by atoms with van der Waals surface area (Å²) in [6.45, 7) is 5.61. The standard InChI is InChI=1S/C18H23FN2/c1-3-21(18-11-7-6-10-16(18)19)13-12-17(20)15-9-5-4-8-14(15)2/h4-11,17H,3,12-13,20H2,1-2H3. The Balaban J connectivity index is 2.04. The monoisotopic (exact) mass is 286 g/mol.